The van der Waals surface area contributed by atoms with Crippen LogP contribution < -0.4 is 4.74 Å². The Hall–Kier alpha value is -3.99. The first kappa shape index (κ1) is 31.4. The Morgan fingerprint density at radius 3 is 2.34 bits per heavy atom. The zero-order valence-electron chi connectivity index (χ0n) is 25.2. The third-order valence-corrected chi connectivity index (χ3v) is 9.76. The quantitative estimate of drug-likeness (QED) is 0.170. The van der Waals surface area contributed by atoms with Crippen molar-refractivity contribution in [1.82, 2.24) is 0 Å². The topological polar surface area (TPSA) is 127 Å². The number of aliphatic hydroxyl groups is 2. The van der Waals surface area contributed by atoms with Crippen molar-refractivity contribution in [3.05, 3.63) is 82.9 Å². The van der Waals surface area contributed by atoms with Crippen LogP contribution in [0.2, 0.25) is 0 Å². The van der Waals surface area contributed by atoms with E-state index in [0.29, 0.717) is 24.0 Å². The van der Waals surface area contributed by atoms with Gasteiger partial charge in [0.1, 0.15) is 5.78 Å². The van der Waals surface area contributed by atoms with Crippen LogP contribution in [0.15, 0.2) is 60.7 Å². The lowest BCUT2D eigenvalue weighted by Gasteiger charge is -2.46. The van der Waals surface area contributed by atoms with Crippen LogP contribution in [0.25, 0.3) is 0 Å². The number of methoxy groups -OCH3 is 1. The molecule has 0 amide bonds. The summed E-state index contributed by atoms with van der Waals surface area (Å²) in [4.78, 5) is 13.9. The number of ketones is 1. The fraction of sp³-hybridized carbons (Fsp3) is 0.432. The molecular formula is C37H42O7. The van der Waals surface area contributed by atoms with Gasteiger partial charge in [0.25, 0.3) is 0 Å². The monoisotopic (exact) mass is 598 g/mol. The molecule has 5 N–H and O–H groups in total. The number of hydrogen-bond donors (Lipinski definition) is 5. The molecule has 0 aromatic heterocycles. The highest BCUT2D eigenvalue weighted by atomic mass is 16.5. The SMILES string of the molecule is COc1cc([C@H]2CC(=O)C[C@H](O)[C@H](C3(c4ccc(O)c(O)c4)CCCCC3)CC#C[C@H]2Cc2ccccc2)c(CO)cc1O. The first-order valence-electron chi connectivity index (χ1n) is 15.5. The highest BCUT2D eigenvalue weighted by Gasteiger charge is 2.45. The second kappa shape index (κ2) is 13.8. The van der Waals surface area contributed by atoms with Gasteiger partial charge in [0.05, 0.1) is 19.8 Å². The van der Waals surface area contributed by atoms with Gasteiger partial charge in [-0.25, -0.2) is 0 Å². The van der Waals surface area contributed by atoms with E-state index in [2.05, 4.69) is 11.8 Å². The van der Waals surface area contributed by atoms with Crippen LogP contribution in [0, 0.1) is 23.7 Å². The zero-order chi connectivity index (χ0) is 31.3. The number of phenols is 3. The molecule has 0 aliphatic heterocycles. The van der Waals surface area contributed by atoms with E-state index in [0.717, 1.165) is 43.2 Å². The van der Waals surface area contributed by atoms with E-state index in [1.165, 1.54) is 19.2 Å². The average molecular weight is 599 g/mol. The number of aromatic hydroxyl groups is 3. The van der Waals surface area contributed by atoms with Gasteiger partial charge in [0.2, 0.25) is 0 Å². The molecule has 2 aliphatic rings. The second-order valence-corrected chi connectivity index (χ2v) is 12.3. The molecule has 0 bridgehead atoms. The smallest absolute Gasteiger partial charge is 0.160 e. The summed E-state index contributed by atoms with van der Waals surface area (Å²) in [6, 6.07) is 18.1. The summed E-state index contributed by atoms with van der Waals surface area (Å²) < 4.78 is 5.40. The Morgan fingerprint density at radius 1 is 0.909 bits per heavy atom. The summed E-state index contributed by atoms with van der Waals surface area (Å²) in [5, 5.41) is 52.9. The van der Waals surface area contributed by atoms with E-state index in [9.17, 15) is 30.3 Å². The van der Waals surface area contributed by atoms with E-state index in [4.69, 9.17) is 4.74 Å². The van der Waals surface area contributed by atoms with Crippen molar-refractivity contribution < 1.29 is 35.1 Å². The molecule has 3 aromatic carbocycles. The predicted molar refractivity (Wildman–Crippen MR) is 168 cm³/mol. The van der Waals surface area contributed by atoms with Crippen molar-refractivity contribution in [1.29, 1.82) is 0 Å². The molecule has 2 aliphatic carbocycles. The van der Waals surface area contributed by atoms with E-state index < -0.39 is 17.4 Å². The standard InChI is InChI=1S/C37H42O7/c1-44-36-22-30(26(23-38)18-35(36)43)29-20-28(39)21-33(41)31(12-8-11-25(29)17-24-9-4-2-5-10-24)37(15-6-3-7-16-37)27-13-14-32(40)34(42)19-27/h2,4-5,9-10,13-14,18-19,22,25,29,31,33,38,40-43H,3,6-7,12,15-17,20-21,23H2,1H3/t25-,29-,31+,33-/m0/s1. The summed E-state index contributed by atoms with van der Waals surface area (Å²) in [7, 11) is 1.46. The van der Waals surface area contributed by atoms with E-state index in [1.54, 1.807) is 12.1 Å². The van der Waals surface area contributed by atoms with Crippen LogP contribution in [0.3, 0.4) is 0 Å². The molecule has 7 nitrogen and oxygen atoms in total. The number of phenolic OH excluding ortho intramolecular Hbond substituents is 3. The predicted octanol–water partition coefficient (Wildman–Crippen LogP) is 5.88. The van der Waals surface area contributed by atoms with Crippen molar-refractivity contribution in [2.75, 3.05) is 7.11 Å². The van der Waals surface area contributed by atoms with Crippen LogP contribution in [0.1, 0.15) is 79.5 Å². The van der Waals surface area contributed by atoms with Gasteiger partial charge in [0, 0.05) is 42.4 Å². The maximum atomic E-state index is 13.9. The lowest BCUT2D eigenvalue weighted by Crippen LogP contribution is -2.44. The average Bonchev–Trinajstić information content (AvgIpc) is 3.03. The largest absolute Gasteiger partial charge is 0.504 e. The van der Waals surface area contributed by atoms with E-state index in [1.807, 2.05) is 36.4 Å². The summed E-state index contributed by atoms with van der Waals surface area (Å²) in [6.07, 6.45) is 4.60. The third kappa shape index (κ3) is 6.57. The number of carbonyl (C=O) groups excluding carboxylic acids is 1. The molecule has 4 atom stereocenters. The maximum absolute atomic E-state index is 13.9. The van der Waals surface area contributed by atoms with Crippen molar-refractivity contribution in [2.45, 2.75) is 81.8 Å². The molecule has 5 rings (SSSR count). The van der Waals surface area contributed by atoms with E-state index in [-0.39, 0.29) is 60.1 Å². The Kier molecular flexibility index (Phi) is 9.83. The van der Waals surface area contributed by atoms with Gasteiger partial charge in [-0.15, -0.1) is 5.92 Å². The first-order chi connectivity index (χ1) is 21.3. The van der Waals surface area contributed by atoms with Crippen LogP contribution in [-0.4, -0.2) is 44.5 Å². The van der Waals surface area contributed by atoms with E-state index >= 15 is 0 Å². The highest BCUT2D eigenvalue weighted by molar-refractivity contribution is 5.80. The molecule has 0 unspecified atom stereocenters. The van der Waals surface area contributed by atoms with Crippen LogP contribution in [0.5, 0.6) is 23.0 Å². The molecule has 232 valence electrons. The summed E-state index contributed by atoms with van der Waals surface area (Å²) >= 11 is 0. The van der Waals surface area contributed by atoms with Gasteiger partial charge >= 0.3 is 0 Å². The third-order valence-electron chi connectivity index (χ3n) is 9.76. The van der Waals surface area contributed by atoms with Gasteiger partial charge in [-0.1, -0.05) is 61.6 Å². The maximum Gasteiger partial charge on any atom is 0.160 e. The Bertz CT molecular complexity index is 1510. The van der Waals surface area contributed by atoms with Crippen LogP contribution in [0.4, 0.5) is 0 Å². The molecule has 0 saturated heterocycles. The van der Waals surface area contributed by atoms with Gasteiger partial charge in [-0.2, -0.15) is 0 Å². The molecule has 0 spiro atoms. The number of rotatable bonds is 7. The van der Waals surface area contributed by atoms with Gasteiger partial charge in [-0.3, -0.25) is 4.79 Å². The molecule has 1 saturated carbocycles. The number of hydrogen-bond acceptors (Lipinski definition) is 7. The number of ether oxygens (including phenoxy) is 1. The second-order valence-electron chi connectivity index (χ2n) is 12.3. The summed E-state index contributed by atoms with van der Waals surface area (Å²) in [6.45, 7) is -0.324. The number of aliphatic hydroxyl groups excluding tert-OH is 2. The molecule has 0 heterocycles. The summed E-state index contributed by atoms with van der Waals surface area (Å²) in [5.41, 5.74) is 2.62. The zero-order valence-corrected chi connectivity index (χ0v) is 25.2. The molecular weight excluding hydrogens is 556 g/mol. The lowest BCUT2D eigenvalue weighted by molar-refractivity contribution is -0.123. The molecule has 1 fully saturated rings. The minimum atomic E-state index is -0.955. The van der Waals surface area contributed by atoms with Crippen LogP contribution >= 0.6 is 0 Å². The molecule has 3 aromatic rings. The number of Topliss-reactive ketones (excluding diaryl/α,β-unsaturated/α-hetero) is 1. The number of carbonyl (C=O) groups is 1. The van der Waals surface area contributed by atoms with Gasteiger partial charge < -0.3 is 30.3 Å². The fourth-order valence-electron chi connectivity index (χ4n) is 7.50. The Morgan fingerprint density at radius 2 is 1.66 bits per heavy atom. The first-order valence-corrected chi connectivity index (χ1v) is 15.5. The molecule has 0 radical (unpaired) electrons. The van der Waals surface area contributed by atoms with Crippen molar-refractivity contribution >= 4 is 5.78 Å². The normalized spacial score (nSPS) is 23.8. The summed E-state index contributed by atoms with van der Waals surface area (Å²) in [5.74, 6) is 5.56. The minimum Gasteiger partial charge on any atom is -0.504 e. The highest BCUT2D eigenvalue weighted by Crippen LogP contribution is 2.50. The van der Waals surface area contributed by atoms with Crippen molar-refractivity contribution in [2.24, 2.45) is 11.8 Å². The lowest BCUT2D eigenvalue weighted by atomic mass is 9.59. The number of benzene rings is 3. The van der Waals surface area contributed by atoms with Gasteiger partial charge in [0.15, 0.2) is 23.0 Å². The van der Waals surface area contributed by atoms with Crippen molar-refractivity contribution in [3.8, 4) is 34.8 Å². The fourth-order valence-corrected chi connectivity index (χ4v) is 7.50. The molecule has 7 heteroatoms. The Labute approximate surface area is 259 Å². The Balaban J connectivity index is 1.61. The van der Waals surface area contributed by atoms with Crippen molar-refractivity contribution in [3.63, 3.8) is 0 Å². The molecule has 44 heavy (non-hydrogen) atoms. The van der Waals surface area contributed by atoms with Gasteiger partial charge in [-0.05, 0) is 65.8 Å². The van der Waals surface area contributed by atoms with Crippen LogP contribution in [-0.2, 0) is 23.2 Å². The minimum absolute atomic E-state index is 0.0452.